The Morgan fingerprint density at radius 2 is 1.96 bits per heavy atom. The molecule has 1 fully saturated rings. The van der Waals surface area contributed by atoms with Crippen LogP contribution in [0.1, 0.15) is 11.1 Å². The molecule has 0 bridgehead atoms. The summed E-state index contributed by atoms with van der Waals surface area (Å²) >= 11 is 1.01. The van der Waals surface area contributed by atoms with Crippen molar-refractivity contribution in [3.8, 4) is 11.1 Å². The molecule has 0 radical (unpaired) electrons. The third-order valence-corrected chi connectivity index (χ3v) is 4.77. The van der Waals surface area contributed by atoms with Gasteiger partial charge in [0.05, 0.1) is 24.8 Å². The van der Waals surface area contributed by atoms with Crippen molar-refractivity contribution in [2.75, 3.05) is 7.11 Å². The lowest BCUT2D eigenvalue weighted by Crippen LogP contribution is -2.19. The molecule has 2 aromatic rings. The molecule has 1 heterocycles. The molecule has 8 heteroatoms. The van der Waals surface area contributed by atoms with E-state index in [0.717, 1.165) is 40.1 Å². The van der Waals surface area contributed by atoms with E-state index >= 15 is 0 Å². The third-order valence-electron chi connectivity index (χ3n) is 3.87. The Balaban J connectivity index is 1.69. The standard InChI is InChI=1S/C20H17N3O4S/c1-27-18(25)10-17-19(26)22-20(28-17)23-21-11-13-6-8-14(9-7-13)16-5-3-2-4-15(16)12-24/h2-11,24H,12H2,1H3,(H,22,23,26)/b17-10+,21-11?. The first-order valence-corrected chi connectivity index (χ1v) is 9.11. The van der Waals surface area contributed by atoms with Crippen molar-refractivity contribution in [2.24, 2.45) is 10.2 Å². The van der Waals surface area contributed by atoms with Gasteiger partial charge in [-0.05, 0) is 34.0 Å². The van der Waals surface area contributed by atoms with Gasteiger partial charge in [-0.2, -0.15) is 5.10 Å². The predicted molar refractivity (Wildman–Crippen MR) is 109 cm³/mol. The van der Waals surface area contributed by atoms with Crippen LogP contribution in [0.4, 0.5) is 0 Å². The molecule has 0 aromatic heterocycles. The maximum absolute atomic E-state index is 11.7. The summed E-state index contributed by atoms with van der Waals surface area (Å²) < 4.78 is 4.50. The van der Waals surface area contributed by atoms with E-state index in [9.17, 15) is 14.7 Å². The molecular formula is C20H17N3O4S. The number of nitrogens with one attached hydrogen (secondary N) is 1. The lowest BCUT2D eigenvalue weighted by molar-refractivity contribution is -0.135. The Morgan fingerprint density at radius 1 is 1.21 bits per heavy atom. The molecule has 0 spiro atoms. The average molecular weight is 395 g/mol. The number of amides is 1. The van der Waals surface area contributed by atoms with Crippen LogP contribution in [-0.4, -0.2) is 35.5 Å². The first kappa shape index (κ1) is 19.5. The Labute approximate surface area is 165 Å². The van der Waals surface area contributed by atoms with E-state index in [-0.39, 0.29) is 16.7 Å². The van der Waals surface area contributed by atoms with Crippen molar-refractivity contribution >= 4 is 35.0 Å². The summed E-state index contributed by atoms with van der Waals surface area (Å²) in [5.41, 5.74) is 3.65. The highest BCUT2D eigenvalue weighted by Crippen LogP contribution is 2.24. The van der Waals surface area contributed by atoms with Gasteiger partial charge in [0, 0.05) is 6.08 Å². The smallest absolute Gasteiger partial charge is 0.331 e. The predicted octanol–water partition coefficient (Wildman–Crippen LogP) is 2.46. The van der Waals surface area contributed by atoms with Gasteiger partial charge < -0.3 is 9.84 Å². The van der Waals surface area contributed by atoms with Gasteiger partial charge in [0.2, 0.25) is 0 Å². The highest BCUT2D eigenvalue weighted by molar-refractivity contribution is 8.18. The molecule has 0 unspecified atom stereocenters. The van der Waals surface area contributed by atoms with E-state index < -0.39 is 11.9 Å². The van der Waals surface area contributed by atoms with Crippen molar-refractivity contribution < 1.29 is 19.4 Å². The number of benzene rings is 2. The quantitative estimate of drug-likeness (QED) is 0.351. The summed E-state index contributed by atoms with van der Waals surface area (Å²) in [5.74, 6) is -1.03. The number of thioether (sulfide) groups is 1. The van der Waals surface area contributed by atoms with Crippen molar-refractivity contribution in [3.63, 3.8) is 0 Å². The number of carbonyl (C=O) groups is 2. The molecule has 1 amide bonds. The second-order valence-electron chi connectivity index (χ2n) is 5.67. The molecule has 28 heavy (non-hydrogen) atoms. The molecule has 142 valence electrons. The van der Waals surface area contributed by atoms with E-state index in [0.29, 0.717) is 0 Å². The highest BCUT2D eigenvalue weighted by atomic mass is 32.2. The van der Waals surface area contributed by atoms with Gasteiger partial charge >= 0.3 is 5.97 Å². The van der Waals surface area contributed by atoms with Gasteiger partial charge in [-0.3, -0.25) is 10.1 Å². The lowest BCUT2D eigenvalue weighted by Gasteiger charge is -2.07. The van der Waals surface area contributed by atoms with Crippen LogP contribution in [-0.2, 0) is 20.9 Å². The monoisotopic (exact) mass is 395 g/mol. The summed E-state index contributed by atoms with van der Waals surface area (Å²) in [5, 5.41) is 20.2. The Bertz CT molecular complexity index is 981. The van der Waals surface area contributed by atoms with Crippen molar-refractivity contribution in [3.05, 3.63) is 70.6 Å². The van der Waals surface area contributed by atoms with Crippen LogP contribution in [0.3, 0.4) is 0 Å². The summed E-state index contributed by atoms with van der Waals surface area (Å²) in [6, 6.07) is 15.3. The number of esters is 1. The molecular weight excluding hydrogens is 378 g/mol. The molecule has 0 aliphatic carbocycles. The van der Waals surface area contributed by atoms with E-state index in [1.54, 1.807) is 6.21 Å². The maximum Gasteiger partial charge on any atom is 0.331 e. The molecule has 0 saturated carbocycles. The molecule has 1 aliphatic rings. The van der Waals surface area contributed by atoms with E-state index in [4.69, 9.17) is 0 Å². The first-order chi connectivity index (χ1) is 13.6. The van der Waals surface area contributed by atoms with Crippen LogP contribution in [0.5, 0.6) is 0 Å². The number of hydrogen-bond donors (Lipinski definition) is 2. The van der Waals surface area contributed by atoms with Crippen LogP contribution in [0.25, 0.3) is 11.1 Å². The Morgan fingerprint density at radius 3 is 2.68 bits per heavy atom. The Kier molecular flexibility index (Phi) is 6.36. The van der Waals surface area contributed by atoms with Gasteiger partial charge in [0.15, 0.2) is 5.17 Å². The number of rotatable bonds is 5. The fraction of sp³-hybridized carbons (Fsp3) is 0.100. The number of carbonyl (C=O) groups excluding carboxylic acids is 2. The largest absolute Gasteiger partial charge is 0.466 e. The minimum absolute atomic E-state index is 0.0212. The number of aliphatic hydroxyl groups is 1. The number of hydrogen-bond acceptors (Lipinski definition) is 7. The molecule has 1 saturated heterocycles. The second kappa shape index (κ2) is 9.12. The van der Waals surface area contributed by atoms with Gasteiger partial charge in [0.25, 0.3) is 5.91 Å². The summed E-state index contributed by atoms with van der Waals surface area (Å²) in [6.07, 6.45) is 2.67. The van der Waals surface area contributed by atoms with Gasteiger partial charge in [-0.1, -0.05) is 48.5 Å². The number of amidine groups is 1. The van der Waals surface area contributed by atoms with Crippen LogP contribution >= 0.6 is 11.8 Å². The van der Waals surface area contributed by atoms with Gasteiger partial charge in [-0.25, -0.2) is 4.79 Å². The first-order valence-electron chi connectivity index (χ1n) is 8.30. The number of nitrogens with zero attached hydrogens (tertiary/aromatic N) is 2. The molecule has 2 N–H and O–H groups in total. The zero-order chi connectivity index (χ0) is 19.9. The van der Waals surface area contributed by atoms with Crippen LogP contribution in [0.2, 0.25) is 0 Å². The molecule has 3 rings (SSSR count). The zero-order valence-corrected chi connectivity index (χ0v) is 15.8. The molecule has 1 aliphatic heterocycles. The molecule has 7 nitrogen and oxygen atoms in total. The van der Waals surface area contributed by atoms with Gasteiger partial charge in [0.1, 0.15) is 0 Å². The number of aliphatic hydroxyl groups excluding tert-OH is 1. The minimum atomic E-state index is -0.606. The average Bonchev–Trinajstić information content (AvgIpc) is 3.07. The fourth-order valence-corrected chi connectivity index (χ4v) is 3.22. The topological polar surface area (TPSA) is 100 Å². The zero-order valence-electron chi connectivity index (χ0n) is 15.0. The van der Waals surface area contributed by atoms with E-state index in [1.165, 1.54) is 7.11 Å². The number of ether oxygens (including phenoxy) is 1. The van der Waals surface area contributed by atoms with Crippen LogP contribution < -0.4 is 5.32 Å². The van der Waals surface area contributed by atoms with Gasteiger partial charge in [-0.15, -0.1) is 5.10 Å². The van der Waals surface area contributed by atoms with Crippen LogP contribution in [0, 0.1) is 0 Å². The van der Waals surface area contributed by atoms with E-state index in [2.05, 4.69) is 20.3 Å². The van der Waals surface area contributed by atoms with Crippen molar-refractivity contribution in [2.45, 2.75) is 6.61 Å². The highest BCUT2D eigenvalue weighted by Gasteiger charge is 2.24. The number of methoxy groups -OCH3 is 1. The molecule has 0 atom stereocenters. The third kappa shape index (κ3) is 4.73. The fourth-order valence-electron chi connectivity index (χ4n) is 2.48. The summed E-state index contributed by atoms with van der Waals surface area (Å²) in [4.78, 5) is 23.2. The Hall–Kier alpha value is -3.23. The lowest BCUT2D eigenvalue weighted by atomic mass is 9.99. The summed E-state index contributed by atoms with van der Waals surface area (Å²) in [6.45, 7) is -0.0212. The SMILES string of the molecule is COC(=O)/C=C1/S/C(=N\N=Cc2ccc(-c3ccccc3CO)cc2)NC1=O. The van der Waals surface area contributed by atoms with Crippen molar-refractivity contribution in [1.29, 1.82) is 0 Å². The van der Waals surface area contributed by atoms with E-state index in [1.807, 2.05) is 48.5 Å². The second-order valence-corrected chi connectivity index (χ2v) is 6.71. The molecule has 2 aromatic carbocycles. The van der Waals surface area contributed by atoms with Crippen LogP contribution in [0.15, 0.2) is 69.7 Å². The normalized spacial score (nSPS) is 16.7. The minimum Gasteiger partial charge on any atom is -0.466 e. The summed E-state index contributed by atoms with van der Waals surface area (Å²) in [7, 11) is 1.24. The maximum atomic E-state index is 11.7. The van der Waals surface area contributed by atoms with Crippen molar-refractivity contribution in [1.82, 2.24) is 5.32 Å².